The summed E-state index contributed by atoms with van der Waals surface area (Å²) >= 11 is 2.00. The Morgan fingerprint density at radius 2 is 2.31 bits per heavy atom. The molecule has 0 saturated carbocycles. The van der Waals surface area contributed by atoms with Gasteiger partial charge in [-0.3, -0.25) is 4.90 Å². The lowest BCUT2D eigenvalue weighted by Crippen LogP contribution is -2.53. The van der Waals surface area contributed by atoms with E-state index in [4.69, 9.17) is 10.8 Å². The fourth-order valence-corrected chi connectivity index (χ4v) is 2.91. The molecule has 0 aromatic heterocycles. The van der Waals surface area contributed by atoms with Gasteiger partial charge < -0.3 is 10.8 Å². The summed E-state index contributed by atoms with van der Waals surface area (Å²) in [6.45, 7) is 6.25. The molecule has 3 atom stereocenters. The molecule has 0 amide bonds. The second-order valence-electron chi connectivity index (χ2n) is 3.63. The highest BCUT2D eigenvalue weighted by Crippen LogP contribution is 2.25. The lowest BCUT2D eigenvalue weighted by Gasteiger charge is -2.41. The smallest absolute Gasteiger partial charge is 0.0599 e. The molecule has 78 valence electrons. The van der Waals surface area contributed by atoms with Crippen molar-refractivity contribution in [1.82, 2.24) is 4.90 Å². The minimum absolute atomic E-state index is 0.151. The molecule has 13 heavy (non-hydrogen) atoms. The monoisotopic (exact) mass is 204 g/mol. The van der Waals surface area contributed by atoms with E-state index in [1.165, 1.54) is 0 Å². The second-order valence-corrected chi connectivity index (χ2v) is 5.11. The lowest BCUT2D eigenvalue weighted by atomic mass is 10.1. The van der Waals surface area contributed by atoms with Gasteiger partial charge in [0.1, 0.15) is 0 Å². The highest BCUT2D eigenvalue weighted by atomic mass is 32.2. The van der Waals surface area contributed by atoms with Crippen LogP contribution in [0.4, 0.5) is 0 Å². The Hall–Kier alpha value is 0.230. The molecule has 4 heteroatoms. The van der Waals surface area contributed by atoms with Gasteiger partial charge in [-0.1, -0.05) is 6.92 Å². The number of aliphatic hydroxyl groups excluding tert-OH is 1. The van der Waals surface area contributed by atoms with Gasteiger partial charge in [0.15, 0.2) is 0 Å². The summed E-state index contributed by atoms with van der Waals surface area (Å²) in [5.74, 6) is 1.15. The molecule has 1 aliphatic rings. The summed E-state index contributed by atoms with van der Waals surface area (Å²) in [5.41, 5.74) is 5.61. The standard InChI is InChI=1S/C9H20N2OS/c1-7-8(2)13-4-3-11(7)9(5-10)6-12/h7-9,12H,3-6,10H2,1-2H3. The average Bonchev–Trinajstić information content (AvgIpc) is 2.14. The van der Waals surface area contributed by atoms with E-state index in [9.17, 15) is 0 Å². The molecule has 0 radical (unpaired) electrons. The van der Waals surface area contributed by atoms with E-state index < -0.39 is 0 Å². The van der Waals surface area contributed by atoms with Gasteiger partial charge in [0, 0.05) is 36.2 Å². The highest BCUT2D eigenvalue weighted by molar-refractivity contribution is 8.00. The van der Waals surface area contributed by atoms with Crippen molar-refractivity contribution < 1.29 is 5.11 Å². The zero-order valence-electron chi connectivity index (χ0n) is 8.44. The van der Waals surface area contributed by atoms with Crippen molar-refractivity contribution in [2.24, 2.45) is 5.73 Å². The van der Waals surface area contributed by atoms with Gasteiger partial charge in [0.05, 0.1) is 6.61 Å². The first-order chi connectivity index (χ1) is 6.20. The van der Waals surface area contributed by atoms with Crippen LogP contribution in [0.3, 0.4) is 0 Å². The van der Waals surface area contributed by atoms with E-state index in [1.807, 2.05) is 11.8 Å². The minimum Gasteiger partial charge on any atom is -0.395 e. The summed E-state index contributed by atoms with van der Waals surface area (Å²) in [7, 11) is 0. The zero-order valence-corrected chi connectivity index (χ0v) is 9.26. The number of thioether (sulfide) groups is 1. The predicted molar refractivity (Wildman–Crippen MR) is 58.0 cm³/mol. The molecule has 0 aromatic carbocycles. The van der Waals surface area contributed by atoms with Crippen molar-refractivity contribution in [2.75, 3.05) is 25.4 Å². The molecule has 1 rings (SSSR count). The van der Waals surface area contributed by atoms with Crippen LogP contribution in [0.2, 0.25) is 0 Å². The van der Waals surface area contributed by atoms with E-state index >= 15 is 0 Å². The molecule has 3 N–H and O–H groups in total. The minimum atomic E-state index is 0.151. The van der Waals surface area contributed by atoms with Crippen LogP contribution in [0.5, 0.6) is 0 Å². The Morgan fingerprint density at radius 1 is 1.62 bits per heavy atom. The maximum atomic E-state index is 9.15. The van der Waals surface area contributed by atoms with E-state index in [1.54, 1.807) is 0 Å². The number of hydrogen-bond donors (Lipinski definition) is 2. The highest BCUT2D eigenvalue weighted by Gasteiger charge is 2.29. The van der Waals surface area contributed by atoms with Crippen LogP contribution < -0.4 is 5.73 Å². The van der Waals surface area contributed by atoms with Gasteiger partial charge in [-0.05, 0) is 6.92 Å². The Kier molecular flexibility index (Phi) is 4.52. The summed E-state index contributed by atoms with van der Waals surface area (Å²) in [4.78, 5) is 2.33. The van der Waals surface area contributed by atoms with Crippen LogP contribution >= 0.6 is 11.8 Å². The molecule has 1 heterocycles. The molecule has 0 spiro atoms. The van der Waals surface area contributed by atoms with E-state index in [2.05, 4.69) is 18.7 Å². The second kappa shape index (κ2) is 5.20. The molecule has 0 aromatic rings. The van der Waals surface area contributed by atoms with Crippen LogP contribution in [0, 0.1) is 0 Å². The first kappa shape index (κ1) is 11.3. The molecule has 3 nitrogen and oxygen atoms in total. The summed E-state index contributed by atoms with van der Waals surface area (Å²) in [6, 6.07) is 0.679. The Labute approximate surface area is 84.7 Å². The maximum Gasteiger partial charge on any atom is 0.0599 e. The fourth-order valence-electron chi connectivity index (χ4n) is 1.79. The third-order valence-corrected chi connectivity index (χ3v) is 4.22. The Morgan fingerprint density at radius 3 is 2.85 bits per heavy atom. The van der Waals surface area contributed by atoms with Crippen molar-refractivity contribution in [3.63, 3.8) is 0 Å². The SMILES string of the molecule is CC1SCCN(C(CN)CO)C1C. The number of aliphatic hydroxyl groups is 1. The molecule has 0 bridgehead atoms. The summed E-state index contributed by atoms with van der Waals surface area (Å²) < 4.78 is 0. The van der Waals surface area contributed by atoms with Crippen LogP contribution in [-0.4, -0.2) is 52.8 Å². The summed E-state index contributed by atoms with van der Waals surface area (Å²) in [5, 5.41) is 9.80. The van der Waals surface area contributed by atoms with Crippen LogP contribution in [0.15, 0.2) is 0 Å². The van der Waals surface area contributed by atoms with Crippen molar-refractivity contribution in [1.29, 1.82) is 0 Å². The van der Waals surface area contributed by atoms with Crippen LogP contribution in [-0.2, 0) is 0 Å². The van der Waals surface area contributed by atoms with Crippen molar-refractivity contribution >= 4 is 11.8 Å². The number of rotatable bonds is 3. The van der Waals surface area contributed by atoms with Crippen molar-refractivity contribution in [2.45, 2.75) is 31.2 Å². The number of hydrogen-bond acceptors (Lipinski definition) is 4. The molecule has 1 fully saturated rings. The Balaban J connectivity index is 2.55. The largest absolute Gasteiger partial charge is 0.395 e. The molecular formula is C9H20N2OS. The molecule has 3 unspecified atom stereocenters. The first-order valence-corrected chi connectivity index (χ1v) is 5.93. The zero-order chi connectivity index (χ0) is 9.84. The first-order valence-electron chi connectivity index (χ1n) is 4.89. The summed E-state index contributed by atoms with van der Waals surface area (Å²) in [6.07, 6.45) is 0. The van der Waals surface area contributed by atoms with Gasteiger partial charge in [-0.2, -0.15) is 11.8 Å². The Bertz CT molecular complexity index is 151. The number of nitrogens with zero attached hydrogens (tertiary/aromatic N) is 1. The van der Waals surface area contributed by atoms with E-state index in [0.29, 0.717) is 17.8 Å². The molecule has 0 aliphatic carbocycles. The third kappa shape index (κ3) is 2.59. The van der Waals surface area contributed by atoms with Crippen molar-refractivity contribution in [3.05, 3.63) is 0 Å². The fraction of sp³-hybridized carbons (Fsp3) is 1.00. The van der Waals surface area contributed by atoms with E-state index in [0.717, 1.165) is 12.3 Å². The van der Waals surface area contributed by atoms with E-state index in [-0.39, 0.29) is 12.6 Å². The molecule has 1 aliphatic heterocycles. The topological polar surface area (TPSA) is 49.5 Å². The lowest BCUT2D eigenvalue weighted by molar-refractivity contribution is 0.0964. The van der Waals surface area contributed by atoms with Crippen LogP contribution in [0.1, 0.15) is 13.8 Å². The average molecular weight is 204 g/mol. The van der Waals surface area contributed by atoms with Gasteiger partial charge in [0.2, 0.25) is 0 Å². The molecule has 1 saturated heterocycles. The van der Waals surface area contributed by atoms with Crippen LogP contribution in [0.25, 0.3) is 0 Å². The predicted octanol–water partition coefficient (Wildman–Crippen LogP) is 0.132. The third-order valence-electron chi connectivity index (χ3n) is 2.88. The quantitative estimate of drug-likeness (QED) is 0.686. The maximum absolute atomic E-state index is 9.15. The normalized spacial score (nSPS) is 33.2. The van der Waals surface area contributed by atoms with Gasteiger partial charge in [-0.25, -0.2) is 0 Å². The van der Waals surface area contributed by atoms with Gasteiger partial charge in [0.25, 0.3) is 0 Å². The number of nitrogens with two attached hydrogens (primary N) is 1. The van der Waals surface area contributed by atoms with Gasteiger partial charge >= 0.3 is 0 Å². The molecular weight excluding hydrogens is 184 g/mol. The van der Waals surface area contributed by atoms with Crippen molar-refractivity contribution in [3.8, 4) is 0 Å². The van der Waals surface area contributed by atoms with Gasteiger partial charge in [-0.15, -0.1) is 0 Å².